The van der Waals surface area contributed by atoms with Crippen LogP contribution in [0.1, 0.15) is 67.2 Å². The number of hydrogen-bond acceptors (Lipinski definition) is 4. The van der Waals surface area contributed by atoms with Gasteiger partial charge in [-0.25, -0.2) is 13.6 Å². The molecule has 0 spiro atoms. The normalized spacial score (nSPS) is 14.4. The van der Waals surface area contributed by atoms with Crippen LogP contribution in [0, 0.1) is 11.6 Å². The number of hydrogen-bond donors (Lipinski definition) is 1. The fraction of sp³-hybridized carbons (Fsp3) is 0.394. The summed E-state index contributed by atoms with van der Waals surface area (Å²) in [6, 6.07) is 18.4. The van der Waals surface area contributed by atoms with Crippen molar-refractivity contribution in [3.05, 3.63) is 101 Å². The molecule has 0 aliphatic heterocycles. The van der Waals surface area contributed by atoms with Gasteiger partial charge < -0.3 is 19.5 Å². The molecule has 0 saturated heterocycles. The molecule has 1 N–H and O–H groups in total. The Kier molecular flexibility index (Phi) is 10.8. The molecule has 0 radical (unpaired) electrons. The molecule has 3 aromatic carbocycles. The van der Waals surface area contributed by atoms with E-state index in [1.54, 1.807) is 31.2 Å². The van der Waals surface area contributed by atoms with Crippen LogP contribution in [0.5, 0.6) is 5.75 Å². The van der Waals surface area contributed by atoms with E-state index in [-0.39, 0.29) is 37.6 Å². The van der Waals surface area contributed by atoms with Gasteiger partial charge in [0.15, 0.2) is 12.7 Å². The summed E-state index contributed by atoms with van der Waals surface area (Å²) in [7, 11) is 0. The van der Waals surface area contributed by atoms with Crippen LogP contribution >= 0.6 is 0 Å². The van der Waals surface area contributed by atoms with Crippen molar-refractivity contribution in [3.63, 3.8) is 0 Å². The minimum absolute atomic E-state index is 0.0361. The number of ether oxygens (including phenoxy) is 2. The van der Waals surface area contributed by atoms with Crippen molar-refractivity contribution in [1.29, 1.82) is 0 Å². The van der Waals surface area contributed by atoms with E-state index in [2.05, 4.69) is 12.1 Å². The number of carboxylic acid groups (broad SMARTS) is 1. The second kappa shape index (κ2) is 14.7. The van der Waals surface area contributed by atoms with Gasteiger partial charge in [-0.15, -0.1) is 0 Å². The summed E-state index contributed by atoms with van der Waals surface area (Å²) >= 11 is 0. The molecule has 1 aliphatic rings. The van der Waals surface area contributed by atoms with Gasteiger partial charge >= 0.3 is 5.97 Å². The van der Waals surface area contributed by atoms with Crippen LogP contribution in [0.2, 0.25) is 0 Å². The predicted molar refractivity (Wildman–Crippen MR) is 152 cm³/mol. The Balaban J connectivity index is 1.42. The summed E-state index contributed by atoms with van der Waals surface area (Å²) in [5, 5.41) is 9.30. The van der Waals surface area contributed by atoms with E-state index >= 15 is 0 Å². The molecular weight excluding hydrogens is 528 g/mol. The number of benzene rings is 3. The van der Waals surface area contributed by atoms with E-state index in [1.165, 1.54) is 54.7 Å². The second-order valence-corrected chi connectivity index (χ2v) is 10.5. The van der Waals surface area contributed by atoms with Crippen LogP contribution in [0.3, 0.4) is 0 Å². The SMILES string of the molecule is CCO[C@@H](Cc1ccc(OCC(=O)N(Cc2ccc(C3CCCCC3)cc2)Cc2ccc(F)cc2F)cc1)C(=O)O. The molecule has 1 aliphatic carbocycles. The van der Waals surface area contributed by atoms with Gasteiger partial charge in [-0.2, -0.15) is 0 Å². The molecule has 1 amide bonds. The van der Waals surface area contributed by atoms with Crippen LogP contribution in [-0.2, 0) is 33.8 Å². The Morgan fingerprint density at radius 3 is 2.24 bits per heavy atom. The highest BCUT2D eigenvalue weighted by Crippen LogP contribution is 2.32. The average molecular weight is 566 g/mol. The minimum Gasteiger partial charge on any atom is -0.484 e. The molecule has 0 aromatic heterocycles. The molecule has 3 aromatic rings. The van der Waals surface area contributed by atoms with Crippen molar-refractivity contribution in [2.45, 2.75) is 70.6 Å². The molecule has 1 atom stereocenters. The standard InChI is InChI=1S/C33H37F2NO5/c1-2-40-31(33(38)39)18-23-10-16-29(17-11-23)41-22-32(37)36(21-27-14-15-28(34)19-30(27)35)20-24-8-12-26(13-9-24)25-6-4-3-5-7-25/h8-17,19,25,31H,2-7,18,20-22H2,1H3,(H,38,39)/t31-/m0/s1. The molecule has 1 saturated carbocycles. The maximum atomic E-state index is 14.5. The van der Waals surface area contributed by atoms with Crippen molar-refractivity contribution < 1.29 is 33.0 Å². The van der Waals surface area contributed by atoms with Crippen LogP contribution in [-0.4, -0.2) is 41.2 Å². The molecule has 0 unspecified atom stereocenters. The highest BCUT2D eigenvalue weighted by Gasteiger charge is 2.20. The van der Waals surface area contributed by atoms with Gasteiger partial charge in [0.05, 0.1) is 0 Å². The fourth-order valence-electron chi connectivity index (χ4n) is 5.23. The summed E-state index contributed by atoms with van der Waals surface area (Å²) in [4.78, 5) is 26.2. The highest BCUT2D eigenvalue weighted by molar-refractivity contribution is 5.78. The van der Waals surface area contributed by atoms with Crippen molar-refractivity contribution in [2.75, 3.05) is 13.2 Å². The number of carboxylic acids is 1. The van der Waals surface area contributed by atoms with Crippen molar-refractivity contribution in [1.82, 2.24) is 4.90 Å². The number of carbonyl (C=O) groups is 2. The largest absolute Gasteiger partial charge is 0.484 e. The summed E-state index contributed by atoms with van der Waals surface area (Å²) in [5.74, 6) is -1.76. The van der Waals surface area contributed by atoms with Crippen LogP contribution in [0.25, 0.3) is 0 Å². The zero-order valence-electron chi connectivity index (χ0n) is 23.4. The third-order valence-corrected chi connectivity index (χ3v) is 7.51. The zero-order valence-corrected chi connectivity index (χ0v) is 23.4. The Morgan fingerprint density at radius 1 is 0.927 bits per heavy atom. The maximum Gasteiger partial charge on any atom is 0.333 e. The molecule has 4 rings (SSSR count). The number of rotatable bonds is 13. The van der Waals surface area contributed by atoms with Crippen LogP contribution in [0.15, 0.2) is 66.7 Å². The van der Waals surface area contributed by atoms with E-state index in [0.29, 0.717) is 18.3 Å². The lowest BCUT2D eigenvalue weighted by atomic mass is 9.84. The quantitative estimate of drug-likeness (QED) is 0.251. The molecule has 218 valence electrons. The van der Waals surface area contributed by atoms with Crippen molar-refractivity contribution >= 4 is 11.9 Å². The van der Waals surface area contributed by atoms with Crippen LogP contribution in [0.4, 0.5) is 8.78 Å². The molecule has 41 heavy (non-hydrogen) atoms. The zero-order chi connectivity index (χ0) is 29.2. The topological polar surface area (TPSA) is 76.1 Å². The first-order valence-electron chi connectivity index (χ1n) is 14.2. The van der Waals surface area contributed by atoms with Gasteiger partial charge in [-0.3, -0.25) is 4.79 Å². The molecule has 8 heteroatoms. The fourth-order valence-corrected chi connectivity index (χ4v) is 5.23. The van der Waals surface area contributed by atoms with E-state index in [9.17, 15) is 23.5 Å². The summed E-state index contributed by atoms with van der Waals surface area (Å²) < 4.78 is 39.0. The van der Waals surface area contributed by atoms with Crippen molar-refractivity contribution in [2.24, 2.45) is 0 Å². The smallest absolute Gasteiger partial charge is 0.333 e. The average Bonchev–Trinajstić information content (AvgIpc) is 2.98. The first kappa shape index (κ1) is 30.2. The third kappa shape index (κ3) is 8.85. The van der Waals surface area contributed by atoms with Crippen molar-refractivity contribution in [3.8, 4) is 5.75 Å². The van der Waals surface area contributed by atoms with E-state index in [0.717, 1.165) is 17.2 Å². The maximum absolute atomic E-state index is 14.5. The Hall–Kier alpha value is -3.78. The Morgan fingerprint density at radius 2 is 1.61 bits per heavy atom. The lowest BCUT2D eigenvalue weighted by Gasteiger charge is -2.25. The van der Waals surface area contributed by atoms with E-state index in [1.807, 2.05) is 12.1 Å². The number of aliphatic carboxylic acids is 1. The molecule has 6 nitrogen and oxygen atoms in total. The number of amides is 1. The van der Waals surface area contributed by atoms with E-state index < -0.39 is 23.7 Å². The lowest BCUT2D eigenvalue weighted by molar-refractivity contribution is -0.150. The molecule has 0 heterocycles. The summed E-state index contributed by atoms with van der Waals surface area (Å²) in [6.07, 6.45) is 5.44. The monoisotopic (exact) mass is 565 g/mol. The van der Waals surface area contributed by atoms with Gasteiger partial charge in [-0.05, 0) is 60.6 Å². The highest BCUT2D eigenvalue weighted by atomic mass is 19.1. The van der Waals surface area contributed by atoms with Gasteiger partial charge in [0.2, 0.25) is 0 Å². The molecule has 1 fully saturated rings. The first-order chi connectivity index (χ1) is 19.8. The third-order valence-electron chi connectivity index (χ3n) is 7.51. The number of halogens is 2. The number of nitrogens with zero attached hydrogens (tertiary/aromatic N) is 1. The summed E-state index contributed by atoms with van der Waals surface area (Å²) in [5.41, 5.74) is 3.19. The van der Waals surface area contributed by atoms with Crippen LogP contribution < -0.4 is 4.74 Å². The van der Waals surface area contributed by atoms with Gasteiger partial charge in [0, 0.05) is 37.7 Å². The lowest BCUT2D eigenvalue weighted by Crippen LogP contribution is -2.34. The van der Waals surface area contributed by atoms with Gasteiger partial charge in [-0.1, -0.05) is 61.7 Å². The second-order valence-electron chi connectivity index (χ2n) is 10.5. The Bertz CT molecular complexity index is 1290. The Labute approximate surface area is 239 Å². The van der Waals surface area contributed by atoms with Gasteiger partial charge in [0.1, 0.15) is 17.4 Å². The first-order valence-corrected chi connectivity index (χ1v) is 14.2. The molecular formula is C33H37F2NO5. The number of carbonyl (C=O) groups excluding carboxylic acids is 1. The predicted octanol–water partition coefficient (Wildman–Crippen LogP) is 6.65. The van der Waals surface area contributed by atoms with Gasteiger partial charge in [0.25, 0.3) is 5.91 Å². The summed E-state index contributed by atoms with van der Waals surface area (Å²) in [6.45, 7) is 1.97. The minimum atomic E-state index is -1.03. The molecule has 0 bridgehead atoms. The van der Waals surface area contributed by atoms with E-state index in [4.69, 9.17) is 9.47 Å².